The highest BCUT2D eigenvalue weighted by atomic mass is 32.2. The molecule has 2 amide bonds. The lowest BCUT2D eigenvalue weighted by Gasteiger charge is -2.43. The first kappa shape index (κ1) is 22.4. The number of likely N-dealkylation sites (tertiary alicyclic amines) is 1. The van der Waals surface area contributed by atoms with Crippen LogP contribution in [-0.2, 0) is 9.59 Å². The lowest BCUT2D eigenvalue weighted by atomic mass is 9.93. The Morgan fingerprint density at radius 1 is 0.971 bits per heavy atom. The summed E-state index contributed by atoms with van der Waals surface area (Å²) in [5, 5.41) is 0.693. The first-order valence-corrected chi connectivity index (χ1v) is 12.5. The number of primary amides is 1. The van der Waals surface area contributed by atoms with Crippen molar-refractivity contribution in [3.05, 3.63) is 96.1 Å². The molecule has 1 fully saturated rings. The van der Waals surface area contributed by atoms with Crippen molar-refractivity contribution >= 4 is 34.6 Å². The molecule has 0 saturated carbocycles. The van der Waals surface area contributed by atoms with Crippen LogP contribution in [0.5, 0.6) is 0 Å². The van der Waals surface area contributed by atoms with Crippen molar-refractivity contribution in [2.75, 3.05) is 12.3 Å². The Balaban J connectivity index is 1.56. The Morgan fingerprint density at radius 2 is 1.59 bits per heavy atom. The van der Waals surface area contributed by atoms with Crippen LogP contribution in [0.1, 0.15) is 30.0 Å². The zero-order valence-corrected chi connectivity index (χ0v) is 19.6. The normalized spacial score (nSPS) is 20.1. The third-order valence-electron chi connectivity index (χ3n) is 6.75. The van der Waals surface area contributed by atoms with Crippen molar-refractivity contribution in [3.8, 4) is 0 Å². The number of nitrogens with zero attached hydrogens (tertiary/aromatic N) is 2. The van der Waals surface area contributed by atoms with Crippen LogP contribution >= 0.6 is 11.8 Å². The average molecular weight is 472 g/mol. The number of carbonyl (C=O) groups is 2. The molecule has 1 aliphatic heterocycles. The monoisotopic (exact) mass is 471 g/mol. The second-order valence-corrected chi connectivity index (χ2v) is 9.64. The van der Waals surface area contributed by atoms with E-state index in [4.69, 9.17) is 5.73 Å². The van der Waals surface area contributed by atoms with Gasteiger partial charge in [0.2, 0.25) is 0 Å². The third-order valence-corrected chi connectivity index (χ3v) is 7.60. The van der Waals surface area contributed by atoms with E-state index in [1.807, 2.05) is 84.9 Å². The number of thioether (sulfide) groups is 1. The number of aromatic nitrogens is 2. The van der Waals surface area contributed by atoms with Gasteiger partial charge >= 0.3 is 5.91 Å². The summed E-state index contributed by atoms with van der Waals surface area (Å²) in [4.78, 5) is 34.8. The third kappa shape index (κ3) is 4.02. The highest BCUT2D eigenvalue weighted by Crippen LogP contribution is 2.43. The number of imidazole rings is 1. The van der Waals surface area contributed by atoms with Gasteiger partial charge in [0.05, 0.1) is 17.6 Å². The number of quaternary nitrogens is 1. The van der Waals surface area contributed by atoms with E-state index in [1.165, 1.54) is 11.8 Å². The summed E-state index contributed by atoms with van der Waals surface area (Å²) in [6.45, 7) is 0.571. The molecule has 1 aliphatic rings. The Kier molecular flexibility index (Phi) is 6.22. The highest BCUT2D eigenvalue weighted by molar-refractivity contribution is 7.99. The molecule has 0 bridgehead atoms. The molecule has 5 rings (SSSR count). The number of rotatable bonds is 7. The number of benzene rings is 3. The van der Waals surface area contributed by atoms with Gasteiger partial charge in [0.15, 0.2) is 11.2 Å². The van der Waals surface area contributed by atoms with Crippen LogP contribution < -0.4 is 5.73 Å². The summed E-state index contributed by atoms with van der Waals surface area (Å²) in [7, 11) is 0. The Hall–Kier alpha value is -3.42. The topological polar surface area (TPSA) is 88.8 Å². The molecule has 0 radical (unpaired) electrons. The van der Waals surface area contributed by atoms with Crippen LogP contribution in [0.3, 0.4) is 0 Å². The SMILES string of the molecule is NC(=O)[C@@H]1CCC[N+]1(C(=O)CSc1nc2ccccc2[nH]1)C(c1ccccc1)c1ccccc1. The summed E-state index contributed by atoms with van der Waals surface area (Å²) in [6.07, 6.45) is 1.37. The molecule has 6 nitrogen and oxygen atoms in total. The fourth-order valence-electron chi connectivity index (χ4n) is 5.30. The minimum absolute atomic E-state index is 0.00976. The van der Waals surface area contributed by atoms with E-state index in [1.54, 1.807) is 0 Å². The molecule has 7 heteroatoms. The summed E-state index contributed by atoms with van der Waals surface area (Å²) >= 11 is 1.38. The predicted octanol–water partition coefficient (Wildman–Crippen LogP) is 4.44. The van der Waals surface area contributed by atoms with Crippen LogP contribution in [0.2, 0.25) is 0 Å². The number of hydrogen-bond acceptors (Lipinski definition) is 4. The van der Waals surface area contributed by atoms with Crippen molar-refractivity contribution in [2.24, 2.45) is 5.73 Å². The van der Waals surface area contributed by atoms with Gasteiger partial charge in [0, 0.05) is 24.0 Å². The van der Waals surface area contributed by atoms with Crippen molar-refractivity contribution in [2.45, 2.75) is 30.1 Å². The molecule has 3 N–H and O–H groups in total. The number of H-pyrrole nitrogens is 1. The Morgan fingerprint density at radius 3 is 2.21 bits per heavy atom. The van der Waals surface area contributed by atoms with Crippen molar-refractivity contribution in [1.29, 1.82) is 0 Å². The number of hydrogen-bond donors (Lipinski definition) is 2. The van der Waals surface area contributed by atoms with E-state index >= 15 is 0 Å². The molecule has 172 valence electrons. The van der Waals surface area contributed by atoms with Crippen LogP contribution in [0, 0.1) is 0 Å². The molecule has 1 unspecified atom stereocenters. The van der Waals surface area contributed by atoms with E-state index in [0.717, 1.165) is 28.6 Å². The van der Waals surface area contributed by atoms with Gasteiger partial charge in [-0.1, -0.05) is 84.6 Å². The summed E-state index contributed by atoms with van der Waals surface area (Å²) in [6, 6.07) is 26.9. The van der Waals surface area contributed by atoms with E-state index in [9.17, 15) is 9.59 Å². The molecule has 1 saturated heterocycles. The standard InChI is InChI=1S/C27H26N4O2S/c28-26(33)23-16-9-17-31(23,24(32)18-34-27-29-21-14-7-8-15-22(21)30-27)25(19-10-3-1-4-11-19)20-12-5-2-6-13-20/h1-8,10-15,23,25H,9,16-18H2,(H2-,28,29,30,33)/p+1/t23-,31?/m0/s1. The van der Waals surface area contributed by atoms with E-state index in [-0.39, 0.29) is 22.2 Å². The second-order valence-electron chi connectivity index (χ2n) is 8.68. The number of amides is 2. The molecule has 2 atom stereocenters. The fourth-order valence-corrected chi connectivity index (χ4v) is 6.14. The molecule has 0 aliphatic carbocycles. The first-order chi connectivity index (χ1) is 16.6. The maximum absolute atomic E-state index is 14.2. The Bertz CT molecular complexity index is 1240. The zero-order chi connectivity index (χ0) is 23.5. The van der Waals surface area contributed by atoms with Gasteiger partial charge in [0.25, 0.3) is 5.91 Å². The van der Waals surface area contributed by atoms with E-state index < -0.39 is 11.9 Å². The average Bonchev–Trinajstić information content (AvgIpc) is 3.49. The van der Waals surface area contributed by atoms with Gasteiger partial charge < -0.3 is 10.7 Å². The van der Waals surface area contributed by atoms with Crippen LogP contribution in [0.15, 0.2) is 90.1 Å². The van der Waals surface area contributed by atoms with Crippen LogP contribution in [0.4, 0.5) is 0 Å². The smallest absolute Gasteiger partial charge is 0.325 e. The van der Waals surface area contributed by atoms with Gasteiger partial charge in [-0.2, -0.15) is 0 Å². The number of nitrogens with one attached hydrogen (secondary N) is 1. The summed E-state index contributed by atoms with van der Waals surface area (Å²) < 4.78 is 0.0105. The van der Waals surface area contributed by atoms with Gasteiger partial charge in [-0.15, -0.1) is 0 Å². The van der Waals surface area contributed by atoms with Crippen molar-refractivity contribution in [1.82, 2.24) is 9.97 Å². The predicted molar refractivity (Wildman–Crippen MR) is 134 cm³/mol. The lowest BCUT2D eigenvalue weighted by Crippen LogP contribution is -2.62. The van der Waals surface area contributed by atoms with E-state index in [2.05, 4.69) is 9.97 Å². The van der Waals surface area contributed by atoms with Gasteiger partial charge in [-0.05, 0) is 12.1 Å². The molecule has 0 spiro atoms. The molecule has 2 heterocycles. The number of aromatic amines is 1. The first-order valence-electron chi connectivity index (χ1n) is 11.5. The van der Waals surface area contributed by atoms with Crippen LogP contribution in [-0.4, -0.2) is 44.6 Å². The lowest BCUT2D eigenvalue weighted by molar-refractivity contribution is -0.881. The minimum Gasteiger partial charge on any atom is -0.364 e. The molecular weight excluding hydrogens is 444 g/mol. The van der Waals surface area contributed by atoms with Crippen molar-refractivity contribution < 1.29 is 14.1 Å². The van der Waals surface area contributed by atoms with Crippen molar-refractivity contribution in [3.63, 3.8) is 0 Å². The van der Waals surface area contributed by atoms with E-state index in [0.29, 0.717) is 18.1 Å². The molecule has 1 aromatic heterocycles. The fraction of sp³-hybridized carbons (Fsp3) is 0.222. The second kappa shape index (κ2) is 9.44. The highest BCUT2D eigenvalue weighted by Gasteiger charge is 2.56. The number of nitrogens with two attached hydrogens (primary N) is 1. The molecular formula is C27H27N4O2S+. The Labute approximate surface area is 202 Å². The van der Waals surface area contributed by atoms with Gasteiger partial charge in [0.1, 0.15) is 11.8 Å². The molecule has 34 heavy (non-hydrogen) atoms. The summed E-state index contributed by atoms with van der Waals surface area (Å²) in [5.74, 6) is -0.235. The van der Waals surface area contributed by atoms with Gasteiger partial charge in [-0.3, -0.25) is 4.79 Å². The zero-order valence-electron chi connectivity index (χ0n) is 18.8. The van der Waals surface area contributed by atoms with Crippen LogP contribution in [0.25, 0.3) is 11.0 Å². The quantitative estimate of drug-likeness (QED) is 0.308. The number of carbonyl (C=O) groups excluding carboxylic acids is 2. The summed E-state index contributed by atoms with van der Waals surface area (Å²) in [5.41, 5.74) is 9.74. The number of fused-ring (bicyclic) bond motifs is 1. The molecule has 4 aromatic rings. The molecule has 3 aromatic carbocycles. The minimum atomic E-state index is -0.575. The maximum atomic E-state index is 14.2. The maximum Gasteiger partial charge on any atom is 0.325 e. The largest absolute Gasteiger partial charge is 0.364 e. The number of para-hydroxylation sites is 2. The van der Waals surface area contributed by atoms with Gasteiger partial charge in [-0.25, -0.2) is 14.3 Å².